The fourth-order valence-electron chi connectivity index (χ4n) is 1.57. The molecule has 0 aromatic rings. The monoisotopic (exact) mass is 230 g/mol. The second kappa shape index (κ2) is 7.63. The van der Waals surface area contributed by atoms with Crippen LogP contribution in [0.1, 0.15) is 52.9 Å². The molecule has 16 heavy (non-hydrogen) atoms. The van der Waals surface area contributed by atoms with Crippen molar-refractivity contribution in [3.05, 3.63) is 0 Å². The summed E-state index contributed by atoms with van der Waals surface area (Å²) in [7, 11) is 0. The Bertz CT molecular complexity index is 205. The first kappa shape index (κ1) is 15.4. The third-order valence-corrected chi connectivity index (χ3v) is 2.67. The van der Waals surface area contributed by atoms with Crippen LogP contribution in [-0.4, -0.2) is 24.2 Å². The molecule has 2 atom stereocenters. The van der Waals surface area contributed by atoms with Crippen LogP contribution in [0.25, 0.3) is 0 Å². The van der Waals surface area contributed by atoms with Gasteiger partial charge in [-0.1, -0.05) is 26.2 Å². The van der Waals surface area contributed by atoms with E-state index in [-0.39, 0.29) is 6.10 Å². The third-order valence-electron chi connectivity index (χ3n) is 2.67. The third kappa shape index (κ3) is 6.80. The molecule has 4 heteroatoms. The molecule has 0 heterocycles. The van der Waals surface area contributed by atoms with Gasteiger partial charge < -0.3 is 16.2 Å². The summed E-state index contributed by atoms with van der Waals surface area (Å²) in [5.74, 6) is -0.478. The highest BCUT2D eigenvalue weighted by molar-refractivity contribution is 5.83. The molecule has 0 aliphatic carbocycles. The molecule has 0 saturated heterocycles. The van der Waals surface area contributed by atoms with Crippen molar-refractivity contribution in [2.45, 2.75) is 64.5 Å². The lowest BCUT2D eigenvalue weighted by Gasteiger charge is -2.24. The summed E-state index contributed by atoms with van der Waals surface area (Å²) in [4.78, 5) is 11.0. The van der Waals surface area contributed by atoms with Gasteiger partial charge in [-0.25, -0.2) is 0 Å². The van der Waals surface area contributed by atoms with Gasteiger partial charge in [-0.2, -0.15) is 0 Å². The highest BCUT2D eigenvalue weighted by atomic mass is 16.5. The summed E-state index contributed by atoms with van der Waals surface area (Å²) < 4.78 is 5.59. The van der Waals surface area contributed by atoms with Crippen molar-refractivity contribution in [3.63, 3.8) is 0 Å². The SMILES string of the molecule is CCCCCCOC(C)CC(C)(N)C(N)=O. The summed E-state index contributed by atoms with van der Waals surface area (Å²) in [6, 6.07) is 0. The average molecular weight is 230 g/mol. The second-order valence-electron chi connectivity index (χ2n) is 4.73. The van der Waals surface area contributed by atoms with Gasteiger partial charge in [-0.15, -0.1) is 0 Å². The minimum absolute atomic E-state index is 0.0240. The lowest BCUT2D eigenvalue weighted by molar-refractivity contribution is -0.124. The number of hydrogen-bond acceptors (Lipinski definition) is 3. The number of hydrogen-bond donors (Lipinski definition) is 2. The Morgan fingerprint density at radius 3 is 2.50 bits per heavy atom. The molecule has 0 fully saturated rings. The van der Waals surface area contributed by atoms with Crippen LogP contribution in [0.4, 0.5) is 0 Å². The summed E-state index contributed by atoms with van der Waals surface area (Å²) in [5, 5.41) is 0. The van der Waals surface area contributed by atoms with Crippen LogP contribution in [0.2, 0.25) is 0 Å². The highest BCUT2D eigenvalue weighted by Crippen LogP contribution is 2.11. The molecule has 0 aromatic carbocycles. The zero-order chi connectivity index (χ0) is 12.6. The van der Waals surface area contributed by atoms with E-state index >= 15 is 0 Å². The number of carbonyl (C=O) groups excluding carboxylic acids is 1. The fourth-order valence-corrected chi connectivity index (χ4v) is 1.57. The molecule has 2 unspecified atom stereocenters. The maximum absolute atomic E-state index is 11.0. The van der Waals surface area contributed by atoms with Gasteiger partial charge in [0.25, 0.3) is 0 Å². The van der Waals surface area contributed by atoms with Crippen molar-refractivity contribution in [2.75, 3.05) is 6.61 Å². The van der Waals surface area contributed by atoms with Gasteiger partial charge in [0.1, 0.15) is 0 Å². The van der Waals surface area contributed by atoms with Crippen LogP contribution in [0.5, 0.6) is 0 Å². The highest BCUT2D eigenvalue weighted by Gasteiger charge is 2.28. The van der Waals surface area contributed by atoms with Gasteiger partial charge in [-0.3, -0.25) is 4.79 Å². The zero-order valence-corrected chi connectivity index (χ0v) is 10.8. The minimum atomic E-state index is -0.969. The normalized spacial score (nSPS) is 16.8. The van der Waals surface area contributed by atoms with Crippen molar-refractivity contribution in [3.8, 4) is 0 Å². The van der Waals surface area contributed by atoms with Gasteiger partial charge in [0, 0.05) is 6.61 Å². The first-order chi connectivity index (χ1) is 7.40. The Hall–Kier alpha value is -0.610. The Balaban J connectivity index is 3.66. The number of ether oxygens (including phenoxy) is 1. The standard InChI is InChI=1S/C12H26N2O2/c1-4-5-6-7-8-16-10(2)9-12(3,14)11(13)15/h10H,4-9,14H2,1-3H3,(H2,13,15). The second-order valence-corrected chi connectivity index (χ2v) is 4.73. The molecule has 96 valence electrons. The van der Waals surface area contributed by atoms with Gasteiger partial charge in [0.05, 0.1) is 11.6 Å². The predicted molar refractivity (Wildman–Crippen MR) is 66.0 cm³/mol. The number of unbranched alkanes of at least 4 members (excludes halogenated alkanes) is 3. The van der Waals surface area contributed by atoms with Crippen LogP contribution in [0, 0.1) is 0 Å². The fraction of sp³-hybridized carbons (Fsp3) is 0.917. The zero-order valence-electron chi connectivity index (χ0n) is 10.8. The van der Waals surface area contributed by atoms with Crippen LogP contribution in [-0.2, 0) is 9.53 Å². The van der Waals surface area contributed by atoms with Gasteiger partial charge >= 0.3 is 0 Å². The molecular weight excluding hydrogens is 204 g/mol. The molecule has 0 rings (SSSR count). The van der Waals surface area contributed by atoms with Crippen molar-refractivity contribution in [1.29, 1.82) is 0 Å². The van der Waals surface area contributed by atoms with Gasteiger partial charge in [-0.05, 0) is 26.7 Å². The number of nitrogens with two attached hydrogens (primary N) is 2. The van der Waals surface area contributed by atoms with Crippen molar-refractivity contribution < 1.29 is 9.53 Å². The van der Waals surface area contributed by atoms with Gasteiger partial charge in [0.2, 0.25) is 5.91 Å². The molecule has 0 radical (unpaired) electrons. The lowest BCUT2D eigenvalue weighted by Crippen LogP contribution is -2.51. The topological polar surface area (TPSA) is 78.3 Å². The largest absolute Gasteiger partial charge is 0.378 e. The molecular formula is C12H26N2O2. The van der Waals surface area contributed by atoms with E-state index < -0.39 is 11.4 Å². The molecule has 0 aromatic heterocycles. The van der Waals surface area contributed by atoms with Crippen molar-refractivity contribution >= 4 is 5.91 Å². The van der Waals surface area contributed by atoms with E-state index in [2.05, 4.69) is 6.92 Å². The Morgan fingerprint density at radius 1 is 1.38 bits per heavy atom. The van der Waals surface area contributed by atoms with Crippen LogP contribution >= 0.6 is 0 Å². The van der Waals surface area contributed by atoms with E-state index in [0.717, 1.165) is 13.0 Å². The molecule has 0 bridgehead atoms. The number of carbonyl (C=O) groups is 1. The molecule has 0 aliphatic rings. The Labute approximate surface area is 98.7 Å². The van der Waals surface area contributed by atoms with Crippen molar-refractivity contribution in [1.82, 2.24) is 0 Å². The maximum Gasteiger partial charge on any atom is 0.237 e. The van der Waals surface area contributed by atoms with Gasteiger partial charge in [0.15, 0.2) is 0 Å². The van der Waals surface area contributed by atoms with Crippen LogP contribution in [0.15, 0.2) is 0 Å². The molecule has 0 spiro atoms. The molecule has 4 nitrogen and oxygen atoms in total. The molecule has 0 aliphatic heterocycles. The van der Waals surface area contributed by atoms with E-state index in [1.165, 1.54) is 19.3 Å². The first-order valence-electron chi connectivity index (χ1n) is 6.10. The average Bonchev–Trinajstić information content (AvgIpc) is 2.16. The molecule has 1 amide bonds. The van der Waals surface area contributed by atoms with E-state index in [0.29, 0.717) is 6.42 Å². The Kier molecular flexibility index (Phi) is 7.34. The van der Waals surface area contributed by atoms with Crippen molar-refractivity contribution in [2.24, 2.45) is 11.5 Å². The van der Waals surface area contributed by atoms with Crippen LogP contribution < -0.4 is 11.5 Å². The predicted octanol–water partition coefficient (Wildman–Crippen LogP) is 1.56. The van der Waals surface area contributed by atoms with Crippen LogP contribution in [0.3, 0.4) is 0 Å². The maximum atomic E-state index is 11.0. The summed E-state index contributed by atoms with van der Waals surface area (Å²) in [5.41, 5.74) is 9.98. The Morgan fingerprint density at radius 2 is 2.00 bits per heavy atom. The first-order valence-corrected chi connectivity index (χ1v) is 6.10. The smallest absolute Gasteiger partial charge is 0.237 e. The van der Waals surface area contributed by atoms with E-state index in [1.54, 1.807) is 6.92 Å². The van der Waals surface area contributed by atoms with E-state index in [4.69, 9.17) is 16.2 Å². The lowest BCUT2D eigenvalue weighted by atomic mass is 9.95. The number of primary amides is 1. The minimum Gasteiger partial charge on any atom is -0.378 e. The quantitative estimate of drug-likeness (QED) is 0.590. The molecule has 0 saturated carbocycles. The number of rotatable bonds is 9. The summed E-state index contributed by atoms with van der Waals surface area (Å²) in [6.45, 7) is 6.48. The molecule has 4 N–H and O–H groups in total. The number of amides is 1. The van der Waals surface area contributed by atoms with E-state index in [1.807, 2.05) is 6.92 Å². The summed E-state index contributed by atoms with van der Waals surface area (Å²) >= 11 is 0. The summed E-state index contributed by atoms with van der Waals surface area (Å²) in [6.07, 6.45) is 5.17. The van der Waals surface area contributed by atoms with E-state index in [9.17, 15) is 4.79 Å².